The maximum atomic E-state index is 13.1. The molecular weight excluding hydrogens is 219 g/mol. The molecule has 2 aromatic rings. The van der Waals surface area contributed by atoms with Gasteiger partial charge in [-0.3, -0.25) is 0 Å². The second kappa shape index (κ2) is 3.57. The fraction of sp³-hybridized carbons (Fsp3) is 0.429. The first-order valence-corrected chi connectivity index (χ1v) is 5.64. The van der Waals surface area contributed by atoms with Crippen LogP contribution in [0.2, 0.25) is 0 Å². The third-order valence-corrected chi connectivity index (χ3v) is 3.42. The van der Waals surface area contributed by atoms with Gasteiger partial charge in [0, 0.05) is 5.39 Å². The molecule has 0 aliphatic heterocycles. The Kier molecular flexibility index (Phi) is 2.54. The minimum absolute atomic E-state index is 0.305. The molecule has 1 N–H and O–H groups in total. The van der Waals surface area contributed by atoms with Crippen LogP contribution in [-0.2, 0) is 5.60 Å². The number of furan rings is 1. The van der Waals surface area contributed by atoms with Crippen molar-refractivity contribution in [2.24, 2.45) is 5.41 Å². The van der Waals surface area contributed by atoms with E-state index in [1.54, 1.807) is 19.1 Å². The van der Waals surface area contributed by atoms with Gasteiger partial charge in [-0.25, -0.2) is 4.39 Å². The van der Waals surface area contributed by atoms with E-state index in [9.17, 15) is 9.50 Å². The van der Waals surface area contributed by atoms with Crippen LogP contribution in [0, 0.1) is 11.2 Å². The highest BCUT2D eigenvalue weighted by molar-refractivity contribution is 5.78. The zero-order valence-corrected chi connectivity index (χ0v) is 10.5. The maximum absolute atomic E-state index is 13.1. The van der Waals surface area contributed by atoms with Gasteiger partial charge in [0.2, 0.25) is 0 Å². The third-order valence-electron chi connectivity index (χ3n) is 3.42. The topological polar surface area (TPSA) is 33.4 Å². The summed E-state index contributed by atoms with van der Waals surface area (Å²) in [5, 5.41) is 11.2. The van der Waals surface area contributed by atoms with E-state index in [4.69, 9.17) is 4.42 Å². The molecule has 0 saturated carbocycles. The van der Waals surface area contributed by atoms with Gasteiger partial charge >= 0.3 is 0 Å². The molecule has 17 heavy (non-hydrogen) atoms. The number of rotatable bonds is 1. The average molecular weight is 236 g/mol. The van der Waals surface area contributed by atoms with Crippen molar-refractivity contribution >= 4 is 11.0 Å². The molecule has 0 bridgehead atoms. The van der Waals surface area contributed by atoms with E-state index < -0.39 is 5.60 Å². The van der Waals surface area contributed by atoms with Crippen LogP contribution in [0.15, 0.2) is 28.7 Å². The summed E-state index contributed by atoms with van der Waals surface area (Å²) in [5.41, 5.74) is -0.868. The van der Waals surface area contributed by atoms with Crippen LogP contribution >= 0.6 is 0 Å². The fourth-order valence-corrected chi connectivity index (χ4v) is 1.62. The van der Waals surface area contributed by atoms with Crippen molar-refractivity contribution < 1.29 is 13.9 Å². The summed E-state index contributed by atoms with van der Waals surface area (Å²) in [5.74, 6) is 0.158. The van der Waals surface area contributed by atoms with Gasteiger partial charge in [-0.1, -0.05) is 20.8 Å². The van der Waals surface area contributed by atoms with Crippen molar-refractivity contribution in [3.63, 3.8) is 0 Å². The molecule has 1 heterocycles. The Labute approximate surface area is 100 Å². The maximum Gasteiger partial charge on any atom is 0.137 e. The molecule has 0 fully saturated rings. The van der Waals surface area contributed by atoms with E-state index in [2.05, 4.69) is 0 Å². The molecule has 2 nitrogen and oxygen atoms in total. The van der Waals surface area contributed by atoms with Crippen molar-refractivity contribution in [1.82, 2.24) is 0 Å². The lowest BCUT2D eigenvalue weighted by Crippen LogP contribution is -2.36. The molecular formula is C14H17FO2. The molecule has 1 unspecified atom stereocenters. The molecule has 0 radical (unpaired) electrons. The zero-order chi connectivity index (χ0) is 12.8. The summed E-state index contributed by atoms with van der Waals surface area (Å²) in [7, 11) is 0. The summed E-state index contributed by atoms with van der Waals surface area (Å²) in [6.07, 6.45) is 0. The van der Waals surface area contributed by atoms with Crippen LogP contribution in [0.5, 0.6) is 0 Å². The monoisotopic (exact) mass is 236 g/mol. The zero-order valence-electron chi connectivity index (χ0n) is 10.5. The highest BCUT2D eigenvalue weighted by Gasteiger charge is 2.39. The van der Waals surface area contributed by atoms with Crippen molar-refractivity contribution in [2.45, 2.75) is 33.3 Å². The molecule has 0 saturated heterocycles. The summed E-state index contributed by atoms with van der Waals surface area (Å²) in [6, 6.07) is 6.03. The van der Waals surface area contributed by atoms with E-state index in [1.165, 1.54) is 12.1 Å². The number of halogens is 1. The van der Waals surface area contributed by atoms with Gasteiger partial charge in [0.1, 0.15) is 22.8 Å². The highest BCUT2D eigenvalue weighted by atomic mass is 19.1. The van der Waals surface area contributed by atoms with Gasteiger partial charge in [-0.2, -0.15) is 0 Å². The van der Waals surface area contributed by atoms with Gasteiger partial charge in [-0.15, -0.1) is 0 Å². The number of hydrogen-bond donors (Lipinski definition) is 1. The Morgan fingerprint density at radius 3 is 2.35 bits per heavy atom. The van der Waals surface area contributed by atoms with Crippen molar-refractivity contribution in [2.75, 3.05) is 0 Å². The molecule has 0 aliphatic carbocycles. The Morgan fingerprint density at radius 2 is 1.76 bits per heavy atom. The first-order valence-electron chi connectivity index (χ1n) is 5.64. The lowest BCUT2D eigenvalue weighted by atomic mass is 9.76. The Hall–Kier alpha value is -1.35. The molecule has 1 aromatic carbocycles. The molecule has 1 atom stereocenters. The minimum Gasteiger partial charge on any atom is -0.458 e. The number of benzene rings is 1. The first kappa shape index (κ1) is 12.1. The predicted octanol–water partition coefficient (Wildman–Crippen LogP) is 3.83. The average Bonchev–Trinajstić information content (AvgIpc) is 2.58. The van der Waals surface area contributed by atoms with E-state index >= 15 is 0 Å². The van der Waals surface area contributed by atoms with Gasteiger partial charge in [0.15, 0.2) is 0 Å². The third kappa shape index (κ3) is 1.95. The summed E-state index contributed by atoms with van der Waals surface area (Å²) in [4.78, 5) is 0. The summed E-state index contributed by atoms with van der Waals surface area (Å²) >= 11 is 0. The van der Waals surface area contributed by atoms with E-state index in [0.717, 1.165) is 0 Å². The van der Waals surface area contributed by atoms with Gasteiger partial charge < -0.3 is 9.52 Å². The predicted molar refractivity (Wildman–Crippen MR) is 65.2 cm³/mol. The number of aliphatic hydroxyl groups is 1. The molecule has 0 aliphatic rings. The quantitative estimate of drug-likeness (QED) is 0.816. The SMILES string of the molecule is CC(C)(C)C(C)(O)c1cc2cc(F)ccc2o1. The van der Waals surface area contributed by atoms with Crippen LogP contribution in [0.1, 0.15) is 33.5 Å². The molecule has 3 heteroatoms. The first-order chi connectivity index (χ1) is 7.72. The fourth-order valence-electron chi connectivity index (χ4n) is 1.62. The standard InChI is InChI=1S/C14H17FO2/c1-13(2,3)14(4,16)12-8-9-7-10(15)5-6-11(9)17-12/h5-8,16H,1-4H3. The molecule has 0 amide bonds. The summed E-state index contributed by atoms with van der Waals surface area (Å²) < 4.78 is 18.7. The van der Waals surface area contributed by atoms with Crippen LogP contribution in [0.4, 0.5) is 4.39 Å². The second-order valence-electron chi connectivity index (χ2n) is 5.62. The lowest BCUT2D eigenvalue weighted by molar-refractivity contribution is -0.0627. The van der Waals surface area contributed by atoms with Gasteiger partial charge in [-0.05, 0) is 36.6 Å². The van der Waals surface area contributed by atoms with Crippen molar-refractivity contribution in [3.05, 3.63) is 35.8 Å². The van der Waals surface area contributed by atoms with Crippen molar-refractivity contribution in [3.8, 4) is 0 Å². The Morgan fingerprint density at radius 1 is 1.12 bits per heavy atom. The van der Waals surface area contributed by atoms with Crippen LogP contribution in [0.3, 0.4) is 0 Å². The molecule has 2 rings (SSSR count). The molecule has 1 aromatic heterocycles. The minimum atomic E-state index is -1.09. The van der Waals surface area contributed by atoms with Gasteiger partial charge in [0.25, 0.3) is 0 Å². The van der Waals surface area contributed by atoms with Crippen LogP contribution in [0.25, 0.3) is 11.0 Å². The number of fused-ring (bicyclic) bond motifs is 1. The largest absolute Gasteiger partial charge is 0.458 e. The van der Waals surface area contributed by atoms with Crippen LogP contribution in [-0.4, -0.2) is 5.11 Å². The van der Waals surface area contributed by atoms with Gasteiger partial charge in [0.05, 0.1) is 0 Å². The smallest absolute Gasteiger partial charge is 0.137 e. The van der Waals surface area contributed by atoms with E-state index in [0.29, 0.717) is 16.7 Å². The van der Waals surface area contributed by atoms with E-state index in [1.807, 2.05) is 20.8 Å². The number of hydrogen-bond acceptors (Lipinski definition) is 2. The highest BCUT2D eigenvalue weighted by Crippen LogP contribution is 2.40. The summed E-state index contributed by atoms with van der Waals surface area (Å²) in [6.45, 7) is 7.50. The molecule has 92 valence electrons. The Bertz CT molecular complexity index is 547. The van der Waals surface area contributed by atoms with Crippen LogP contribution < -0.4 is 0 Å². The van der Waals surface area contributed by atoms with Crippen molar-refractivity contribution in [1.29, 1.82) is 0 Å². The normalized spacial score (nSPS) is 16.1. The second-order valence-corrected chi connectivity index (χ2v) is 5.62. The molecule has 0 spiro atoms. The van der Waals surface area contributed by atoms with E-state index in [-0.39, 0.29) is 11.2 Å². The Balaban J connectivity index is 2.57. The lowest BCUT2D eigenvalue weighted by Gasteiger charge is -2.35.